The number of hydrogen-bond acceptors (Lipinski definition) is 4. The van der Waals surface area contributed by atoms with Crippen molar-refractivity contribution < 1.29 is 4.74 Å². The van der Waals surface area contributed by atoms with Crippen LogP contribution < -0.4 is 4.74 Å². The Morgan fingerprint density at radius 1 is 1.00 bits per heavy atom. The molecule has 0 saturated heterocycles. The monoisotopic (exact) mass is 387 g/mol. The molecule has 3 aromatic carbocycles. The largest absolute Gasteiger partial charge is 0.496 e. The van der Waals surface area contributed by atoms with Crippen LogP contribution in [0, 0.1) is 13.8 Å². The number of H-pyrrole nitrogens is 1. The van der Waals surface area contributed by atoms with Gasteiger partial charge in [-0.3, -0.25) is 10.1 Å². The van der Waals surface area contributed by atoms with Gasteiger partial charge in [0.1, 0.15) is 5.75 Å². The average molecular weight is 388 g/mol. The summed E-state index contributed by atoms with van der Waals surface area (Å²) >= 11 is 1.68. The number of aromatic amines is 1. The van der Waals surface area contributed by atoms with Crippen molar-refractivity contribution in [2.75, 3.05) is 7.11 Å². The van der Waals surface area contributed by atoms with Gasteiger partial charge in [0.2, 0.25) is 0 Å². The summed E-state index contributed by atoms with van der Waals surface area (Å²) in [6.07, 6.45) is 1.90. The van der Waals surface area contributed by atoms with Crippen molar-refractivity contribution in [3.05, 3.63) is 77.6 Å². The summed E-state index contributed by atoms with van der Waals surface area (Å²) in [6.45, 7) is 4.05. The van der Waals surface area contributed by atoms with Crippen LogP contribution in [0.4, 0.5) is 5.69 Å². The van der Waals surface area contributed by atoms with Gasteiger partial charge in [0.15, 0.2) is 0 Å². The molecule has 0 radical (unpaired) electrons. The molecule has 0 aliphatic carbocycles. The number of methoxy groups -OCH3 is 1. The normalized spacial score (nSPS) is 11.4. The molecule has 0 spiro atoms. The number of nitrogens with one attached hydrogen (secondary N) is 1. The first-order chi connectivity index (χ1) is 13.7. The number of ether oxygens (including phenoxy) is 1. The van der Waals surface area contributed by atoms with Crippen molar-refractivity contribution in [3.63, 3.8) is 0 Å². The molecule has 1 N–H and O–H groups in total. The standard InChI is InChI=1S/C23H21N3OS/c1-15-23(16(2)26-25-15)28-22-11-7-6-10-20(22)24-14-19-18-9-5-4-8-17(18)12-13-21(19)27-3/h4-14H,1-3H3,(H,25,26). The van der Waals surface area contributed by atoms with Crippen LogP contribution in [-0.2, 0) is 0 Å². The number of aryl methyl sites for hydroxylation is 2. The maximum Gasteiger partial charge on any atom is 0.128 e. The van der Waals surface area contributed by atoms with E-state index in [1.54, 1.807) is 18.9 Å². The van der Waals surface area contributed by atoms with Gasteiger partial charge in [-0.15, -0.1) is 0 Å². The molecule has 0 aliphatic rings. The number of aromatic nitrogens is 2. The van der Waals surface area contributed by atoms with Crippen molar-refractivity contribution in [1.29, 1.82) is 0 Å². The van der Waals surface area contributed by atoms with Gasteiger partial charge in [0.25, 0.3) is 0 Å². The lowest BCUT2D eigenvalue weighted by atomic mass is 10.0. The van der Waals surface area contributed by atoms with Gasteiger partial charge < -0.3 is 4.74 Å². The third kappa shape index (κ3) is 3.53. The highest BCUT2D eigenvalue weighted by atomic mass is 32.2. The van der Waals surface area contributed by atoms with Crippen LogP contribution in [0.15, 0.2) is 75.4 Å². The Bertz CT molecular complexity index is 1140. The molecule has 1 aromatic heterocycles. The molecule has 140 valence electrons. The minimum absolute atomic E-state index is 0.814. The fraction of sp³-hybridized carbons (Fsp3) is 0.130. The topological polar surface area (TPSA) is 50.3 Å². The van der Waals surface area contributed by atoms with E-state index in [1.165, 1.54) is 0 Å². The number of benzene rings is 3. The number of nitrogens with zero attached hydrogens (tertiary/aromatic N) is 2. The van der Waals surface area contributed by atoms with Crippen LogP contribution in [0.3, 0.4) is 0 Å². The molecule has 5 heteroatoms. The Labute approximate surface area is 168 Å². The van der Waals surface area contributed by atoms with Crippen LogP contribution in [0.1, 0.15) is 17.0 Å². The Balaban J connectivity index is 1.75. The molecule has 0 aliphatic heterocycles. The van der Waals surface area contributed by atoms with Crippen LogP contribution in [0.2, 0.25) is 0 Å². The summed E-state index contributed by atoms with van der Waals surface area (Å²) in [6, 6.07) is 20.5. The Morgan fingerprint density at radius 2 is 1.79 bits per heavy atom. The number of hydrogen-bond donors (Lipinski definition) is 1. The fourth-order valence-corrected chi connectivity index (χ4v) is 4.16. The predicted octanol–water partition coefficient (Wildman–Crippen LogP) is 6.09. The van der Waals surface area contributed by atoms with Crippen LogP contribution in [0.5, 0.6) is 5.75 Å². The smallest absolute Gasteiger partial charge is 0.128 e. The molecule has 0 bridgehead atoms. The molecule has 4 rings (SSSR count). The molecule has 28 heavy (non-hydrogen) atoms. The van der Waals surface area contributed by atoms with E-state index in [4.69, 9.17) is 9.73 Å². The van der Waals surface area contributed by atoms with E-state index in [-0.39, 0.29) is 0 Å². The highest BCUT2D eigenvalue weighted by Gasteiger charge is 2.11. The van der Waals surface area contributed by atoms with Crippen LogP contribution in [0.25, 0.3) is 10.8 Å². The highest BCUT2D eigenvalue weighted by molar-refractivity contribution is 7.99. The summed E-state index contributed by atoms with van der Waals surface area (Å²) in [5.74, 6) is 0.814. The van der Waals surface area contributed by atoms with E-state index in [1.807, 2.05) is 56.5 Å². The second-order valence-corrected chi connectivity index (χ2v) is 7.55. The van der Waals surface area contributed by atoms with Gasteiger partial charge in [-0.1, -0.05) is 54.2 Å². The highest BCUT2D eigenvalue weighted by Crippen LogP contribution is 2.37. The van der Waals surface area contributed by atoms with Gasteiger partial charge in [0, 0.05) is 22.4 Å². The van der Waals surface area contributed by atoms with Gasteiger partial charge in [0.05, 0.1) is 23.4 Å². The Morgan fingerprint density at radius 3 is 2.57 bits per heavy atom. The third-order valence-electron chi connectivity index (χ3n) is 4.62. The van der Waals surface area contributed by atoms with Crippen molar-refractivity contribution in [1.82, 2.24) is 10.2 Å². The van der Waals surface area contributed by atoms with E-state index in [2.05, 4.69) is 34.5 Å². The zero-order valence-corrected chi connectivity index (χ0v) is 16.9. The van der Waals surface area contributed by atoms with Gasteiger partial charge in [-0.05, 0) is 42.8 Å². The summed E-state index contributed by atoms with van der Waals surface area (Å²) in [5.41, 5.74) is 3.97. The molecular formula is C23H21N3OS. The summed E-state index contributed by atoms with van der Waals surface area (Å²) in [7, 11) is 1.69. The zero-order chi connectivity index (χ0) is 19.5. The lowest BCUT2D eigenvalue weighted by molar-refractivity contribution is 0.415. The second-order valence-electron chi connectivity index (χ2n) is 6.49. The molecule has 4 aromatic rings. The zero-order valence-electron chi connectivity index (χ0n) is 16.1. The summed E-state index contributed by atoms with van der Waals surface area (Å²) < 4.78 is 5.58. The first-order valence-electron chi connectivity index (χ1n) is 9.05. The third-order valence-corrected chi connectivity index (χ3v) is 5.99. The van der Waals surface area contributed by atoms with Crippen LogP contribution in [-0.4, -0.2) is 23.5 Å². The number of fused-ring (bicyclic) bond motifs is 1. The minimum atomic E-state index is 0.814. The minimum Gasteiger partial charge on any atom is -0.496 e. The number of aliphatic imine (C=N–C) groups is 1. The SMILES string of the molecule is COc1ccc2ccccc2c1C=Nc1ccccc1Sc1c(C)n[nH]c1C. The first-order valence-corrected chi connectivity index (χ1v) is 9.87. The average Bonchev–Trinajstić information content (AvgIpc) is 3.04. The van der Waals surface area contributed by atoms with Gasteiger partial charge in [-0.25, -0.2) is 0 Å². The molecular weight excluding hydrogens is 366 g/mol. The fourth-order valence-electron chi connectivity index (χ4n) is 3.17. The molecule has 0 fully saturated rings. The lowest BCUT2D eigenvalue weighted by Gasteiger charge is -2.09. The molecule has 1 heterocycles. The quantitative estimate of drug-likeness (QED) is 0.422. The van der Waals surface area contributed by atoms with Crippen molar-refractivity contribution in [3.8, 4) is 5.75 Å². The van der Waals surface area contributed by atoms with Crippen molar-refractivity contribution in [2.24, 2.45) is 4.99 Å². The Hall–Kier alpha value is -3.05. The summed E-state index contributed by atoms with van der Waals surface area (Å²) in [4.78, 5) is 7.05. The van der Waals surface area contributed by atoms with Crippen molar-refractivity contribution >= 4 is 34.4 Å². The maximum absolute atomic E-state index is 5.58. The van der Waals surface area contributed by atoms with E-state index < -0.39 is 0 Å². The molecule has 0 saturated carbocycles. The van der Waals surface area contributed by atoms with E-state index >= 15 is 0 Å². The van der Waals surface area contributed by atoms with E-state index in [9.17, 15) is 0 Å². The molecule has 0 atom stereocenters. The maximum atomic E-state index is 5.58. The molecule has 0 amide bonds. The van der Waals surface area contributed by atoms with E-state index in [0.29, 0.717) is 0 Å². The summed E-state index contributed by atoms with van der Waals surface area (Å²) in [5, 5.41) is 9.62. The van der Waals surface area contributed by atoms with Gasteiger partial charge >= 0.3 is 0 Å². The first kappa shape index (κ1) is 18.3. The van der Waals surface area contributed by atoms with Crippen molar-refractivity contribution in [2.45, 2.75) is 23.6 Å². The Kier molecular flexibility index (Phi) is 5.17. The number of para-hydroxylation sites is 1. The van der Waals surface area contributed by atoms with E-state index in [0.717, 1.165) is 49.0 Å². The lowest BCUT2D eigenvalue weighted by Crippen LogP contribution is -1.92. The molecule has 0 unspecified atom stereocenters. The molecule has 4 nitrogen and oxygen atoms in total. The number of rotatable bonds is 5. The predicted molar refractivity (Wildman–Crippen MR) is 116 cm³/mol. The van der Waals surface area contributed by atoms with Crippen LogP contribution >= 0.6 is 11.8 Å². The van der Waals surface area contributed by atoms with Gasteiger partial charge in [-0.2, -0.15) is 5.10 Å². The second kappa shape index (κ2) is 7.90.